The predicted molar refractivity (Wildman–Crippen MR) is 72.2 cm³/mol. The zero-order valence-corrected chi connectivity index (χ0v) is 10.9. The van der Waals surface area contributed by atoms with Crippen LogP contribution >= 0.6 is 0 Å². The van der Waals surface area contributed by atoms with E-state index in [-0.39, 0.29) is 17.9 Å². The van der Waals surface area contributed by atoms with Gasteiger partial charge in [0.25, 0.3) is 0 Å². The van der Waals surface area contributed by atoms with Crippen molar-refractivity contribution < 1.29 is 4.79 Å². The van der Waals surface area contributed by atoms with Crippen LogP contribution in [0, 0.1) is 5.92 Å². The quantitative estimate of drug-likeness (QED) is 0.834. The van der Waals surface area contributed by atoms with E-state index in [0.717, 1.165) is 11.4 Å². The fourth-order valence-corrected chi connectivity index (χ4v) is 1.45. The monoisotopic (exact) mass is 235 g/mol. The molecule has 1 aromatic rings. The molecule has 0 heterocycles. The van der Waals surface area contributed by atoms with Crippen LogP contribution < -0.4 is 16.0 Å². The molecule has 0 saturated heterocycles. The number of hydrogen-bond acceptors (Lipinski definition) is 3. The normalized spacial score (nSPS) is 13.9. The van der Waals surface area contributed by atoms with E-state index in [1.807, 2.05) is 57.1 Å². The van der Waals surface area contributed by atoms with Crippen LogP contribution in [-0.4, -0.2) is 26.0 Å². The van der Waals surface area contributed by atoms with E-state index in [2.05, 4.69) is 5.32 Å². The lowest BCUT2D eigenvalue weighted by Gasteiger charge is -2.20. The first kappa shape index (κ1) is 13.5. The second-order valence-corrected chi connectivity index (χ2v) is 4.55. The van der Waals surface area contributed by atoms with Crippen molar-refractivity contribution in [2.75, 3.05) is 24.3 Å². The minimum atomic E-state index is -0.204. The molecule has 0 aromatic heterocycles. The van der Waals surface area contributed by atoms with Crippen LogP contribution in [-0.2, 0) is 4.79 Å². The third-order valence-corrected chi connectivity index (χ3v) is 2.85. The summed E-state index contributed by atoms with van der Waals surface area (Å²) >= 11 is 0. The Labute approximate surface area is 103 Å². The first-order valence-electron chi connectivity index (χ1n) is 5.76. The van der Waals surface area contributed by atoms with Crippen LogP contribution in [0.4, 0.5) is 11.4 Å². The smallest absolute Gasteiger partial charge is 0.228 e. The number of nitrogens with zero attached hydrogens (tertiary/aromatic N) is 1. The molecule has 17 heavy (non-hydrogen) atoms. The Kier molecular flexibility index (Phi) is 4.52. The number of carbonyl (C=O) groups is 1. The van der Waals surface area contributed by atoms with Gasteiger partial charge in [-0.25, -0.2) is 0 Å². The molecule has 0 saturated carbocycles. The fraction of sp³-hybridized carbons (Fsp3) is 0.462. The third kappa shape index (κ3) is 3.46. The first-order valence-corrected chi connectivity index (χ1v) is 5.76. The molecule has 94 valence electrons. The summed E-state index contributed by atoms with van der Waals surface area (Å²) in [5, 5.41) is 2.91. The number of rotatable bonds is 4. The maximum absolute atomic E-state index is 11.9. The van der Waals surface area contributed by atoms with Crippen molar-refractivity contribution in [3.63, 3.8) is 0 Å². The molecule has 2 unspecified atom stereocenters. The summed E-state index contributed by atoms with van der Waals surface area (Å²) in [6.45, 7) is 3.67. The Bertz CT molecular complexity index is 388. The van der Waals surface area contributed by atoms with Gasteiger partial charge in [0.2, 0.25) is 5.91 Å². The standard InChI is InChI=1S/C13H21N3O/c1-9(10(2)14)13(17)15-11-7-5-6-8-12(11)16(3)4/h5-10H,14H2,1-4H3,(H,15,17). The van der Waals surface area contributed by atoms with Crippen LogP contribution in [0.15, 0.2) is 24.3 Å². The van der Waals surface area contributed by atoms with Crippen molar-refractivity contribution in [1.29, 1.82) is 0 Å². The van der Waals surface area contributed by atoms with E-state index < -0.39 is 0 Å². The van der Waals surface area contributed by atoms with Gasteiger partial charge in [0, 0.05) is 20.1 Å². The first-order chi connectivity index (χ1) is 7.93. The van der Waals surface area contributed by atoms with Gasteiger partial charge in [-0.15, -0.1) is 0 Å². The van der Waals surface area contributed by atoms with Gasteiger partial charge in [-0.05, 0) is 19.1 Å². The van der Waals surface area contributed by atoms with Crippen molar-refractivity contribution in [2.45, 2.75) is 19.9 Å². The van der Waals surface area contributed by atoms with Gasteiger partial charge in [-0.1, -0.05) is 19.1 Å². The summed E-state index contributed by atoms with van der Waals surface area (Å²) < 4.78 is 0. The molecule has 0 aliphatic carbocycles. The summed E-state index contributed by atoms with van der Waals surface area (Å²) in [5.41, 5.74) is 7.52. The number of carbonyl (C=O) groups excluding carboxylic acids is 1. The SMILES string of the molecule is CC(N)C(C)C(=O)Nc1ccccc1N(C)C. The fourth-order valence-electron chi connectivity index (χ4n) is 1.45. The van der Waals surface area contributed by atoms with Crippen molar-refractivity contribution in [2.24, 2.45) is 11.7 Å². The van der Waals surface area contributed by atoms with Gasteiger partial charge in [-0.3, -0.25) is 4.79 Å². The van der Waals surface area contributed by atoms with E-state index in [1.165, 1.54) is 0 Å². The highest BCUT2D eigenvalue weighted by molar-refractivity contribution is 5.95. The number of anilines is 2. The van der Waals surface area contributed by atoms with Gasteiger partial charge in [0.1, 0.15) is 0 Å². The molecule has 1 rings (SSSR count). The van der Waals surface area contributed by atoms with Gasteiger partial charge >= 0.3 is 0 Å². The highest BCUT2D eigenvalue weighted by Gasteiger charge is 2.18. The minimum absolute atomic E-state index is 0.0469. The molecule has 0 aliphatic heterocycles. The minimum Gasteiger partial charge on any atom is -0.376 e. The highest BCUT2D eigenvalue weighted by atomic mass is 16.1. The largest absolute Gasteiger partial charge is 0.376 e. The van der Waals surface area contributed by atoms with Gasteiger partial charge < -0.3 is 16.0 Å². The topological polar surface area (TPSA) is 58.4 Å². The Balaban J connectivity index is 2.85. The number of amides is 1. The summed E-state index contributed by atoms with van der Waals surface area (Å²) in [7, 11) is 3.89. The maximum atomic E-state index is 11.9. The van der Waals surface area contributed by atoms with E-state index in [0.29, 0.717) is 0 Å². The molecule has 1 aromatic carbocycles. The van der Waals surface area contributed by atoms with Gasteiger partial charge in [-0.2, -0.15) is 0 Å². The van der Waals surface area contributed by atoms with Gasteiger partial charge in [0.15, 0.2) is 0 Å². The number of nitrogens with one attached hydrogen (secondary N) is 1. The van der Waals surface area contributed by atoms with Crippen LogP contribution in [0.25, 0.3) is 0 Å². The molecule has 0 fully saturated rings. The van der Waals surface area contributed by atoms with Crippen LogP contribution in [0.1, 0.15) is 13.8 Å². The molecule has 4 nitrogen and oxygen atoms in total. The Hall–Kier alpha value is -1.55. The van der Waals surface area contributed by atoms with Gasteiger partial charge in [0.05, 0.1) is 17.3 Å². The number of benzene rings is 1. The zero-order chi connectivity index (χ0) is 13.0. The van der Waals surface area contributed by atoms with E-state index in [9.17, 15) is 4.79 Å². The number of nitrogens with two attached hydrogens (primary N) is 1. The lowest BCUT2D eigenvalue weighted by Crippen LogP contribution is -2.34. The summed E-state index contributed by atoms with van der Waals surface area (Å²) in [6.07, 6.45) is 0. The summed E-state index contributed by atoms with van der Waals surface area (Å²) in [4.78, 5) is 13.9. The summed E-state index contributed by atoms with van der Waals surface area (Å²) in [6, 6.07) is 7.55. The van der Waals surface area contributed by atoms with E-state index in [4.69, 9.17) is 5.73 Å². The third-order valence-electron chi connectivity index (χ3n) is 2.85. The van der Waals surface area contributed by atoms with Crippen molar-refractivity contribution in [3.8, 4) is 0 Å². The highest BCUT2D eigenvalue weighted by Crippen LogP contribution is 2.24. The van der Waals surface area contributed by atoms with Crippen LogP contribution in [0.5, 0.6) is 0 Å². The molecule has 0 bridgehead atoms. The number of hydrogen-bond donors (Lipinski definition) is 2. The lowest BCUT2D eigenvalue weighted by atomic mass is 10.0. The number of para-hydroxylation sites is 2. The Morgan fingerprint density at radius 2 is 1.88 bits per heavy atom. The molecule has 4 heteroatoms. The molecular formula is C13H21N3O. The molecule has 0 radical (unpaired) electrons. The van der Waals surface area contributed by atoms with E-state index >= 15 is 0 Å². The molecule has 0 spiro atoms. The average Bonchev–Trinajstić information content (AvgIpc) is 2.28. The Morgan fingerprint density at radius 3 is 2.41 bits per heavy atom. The van der Waals surface area contributed by atoms with Crippen molar-refractivity contribution in [1.82, 2.24) is 0 Å². The zero-order valence-electron chi connectivity index (χ0n) is 10.9. The summed E-state index contributed by atoms with van der Waals surface area (Å²) in [5.74, 6) is -0.250. The molecule has 0 aliphatic rings. The predicted octanol–water partition coefficient (Wildman–Crippen LogP) is 1.67. The van der Waals surface area contributed by atoms with Crippen LogP contribution in [0.2, 0.25) is 0 Å². The molecule has 3 N–H and O–H groups in total. The second kappa shape index (κ2) is 5.68. The van der Waals surface area contributed by atoms with Crippen molar-refractivity contribution in [3.05, 3.63) is 24.3 Å². The average molecular weight is 235 g/mol. The Morgan fingerprint density at radius 1 is 1.29 bits per heavy atom. The van der Waals surface area contributed by atoms with E-state index in [1.54, 1.807) is 0 Å². The molecular weight excluding hydrogens is 214 g/mol. The lowest BCUT2D eigenvalue weighted by molar-refractivity contribution is -0.119. The maximum Gasteiger partial charge on any atom is 0.228 e. The van der Waals surface area contributed by atoms with Crippen LogP contribution in [0.3, 0.4) is 0 Å². The second-order valence-electron chi connectivity index (χ2n) is 4.55. The molecule has 2 atom stereocenters. The van der Waals surface area contributed by atoms with Crippen molar-refractivity contribution >= 4 is 17.3 Å². The molecule has 1 amide bonds.